The lowest BCUT2D eigenvalue weighted by Gasteiger charge is -2.07. The molecule has 0 heterocycles. The third kappa shape index (κ3) is 3.28. The average molecular weight is 292 g/mol. The summed E-state index contributed by atoms with van der Waals surface area (Å²) in [5, 5.41) is 1.07. The summed E-state index contributed by atoms with van der Waals surface area (Å²) in [6, 6.07) is 8.49. The third-order valence-electron chi connectivity index (χ3n) is 1.74. The average Bonchev–Trinajstić information content (AvgIpc) is 2.04. The van der Waals surface area contributed by atoms with E-state index in [4.69, 9.17) is 0 Å². The molecule has 1 unspecified atom stereocenters. The monoisotopic (exact) mass is 290 g/mol. The predicted molar refractivity (Wildman–Crippen MR) is 60.8 cm³/mol. The smallest absolute Gasteiger partial charge is 0.0177 e. The highest BCUT2D eigenvalue weighted by molar-refractivity contribution is 9.10. The first-order valence-electron chi connectivity index (χ1n) is 4.03. The normalized spacial score (nSPS) is 12.9. The molecule has 2 heteroatoms. The molecule has 0 N–H and O–H groups in total. The highest BCUT2D eigenvalue weighted by Gasteiger charge is 2.01. The van der Waals surface area contributed by atoms with E-state index in [0.29, 0.717) is 5.92 Å². The van der Waals surface area contributed by atoms with Gasteiger partial charge in [-0.05, 0) is 30.0 Å². The fraction of sp³-hybridized carbons (Fsp3) is 0.400. The zero-order chi connectivity index (χ0) is 8.97. The van der Waals surface area contributed by atoms with Gasteiger partial charge in [0.25, 0.3) is 0 Å². The number of hydrogen-bond donors (Lipinski definition) is 0. The Labute approximate surface area is 90.6 Å². The van der Waals surface area contributed by atoms with Gasteiger partial charge in [0.15, 0.2) is 0 Å². The maximum absolute atomic E-state index is 3.48. The molecule has 0 nitrogen and oxygen atoms in total. The molecular weight excluding hydrogens is 280 g/mol. The van der Waals surface area contributed by atoms with Gasteiger partial charge in [0.05, 0.1) is 0 Å². The van der Waals surface area contributed by atoms with E-state index in [1.54, 1.807) is 0 Å². The molecular formula is C10H12Br2. The molecule has 1 atom stereocenters. The fourth-order valence-electron chi connectivity index (χ4n) is 1.12. The van der Waals surface area contributed by atoms with Crippen LogP contribution in [-0.2, 0) is 6.42 Å². The maximum atomic E-state index is 3.48. The van der Waals surface area contributed by atoms with E-state index in [1.165, 1.54) is 10.0 Å². The molecule has 0 saturated carbocycles. The number of alkyl halides is 1. The van der Waals surface area contributed by atoms with Crippen LogP contribution < -0.4 is 0 Å². The van der Waals surface area contributed by atoms with Crippen LogP contribution in [0.15, 0.2) is 28.7 Å². The summed E-state index contributed by atoms with van der Waals surface area (Å²) in [6.45, 7) is 2.25. The Morgan fingerprint density at radius 1 is 1.42 bits per heavy atom. The summed E-state index contributed by atoms with van der Waals surface area (Å²) in [4.78, 5) is 0. The second-order valence-corrected chi connectivity index (χ2v) is 4.66. The third-order valence-corrected chi connectivity index (χ3v) is 3.34. The minimum atomic E-state index is 0.708. The molecule has 0 amide bonds. The topological polar surface area (TPSA) is 0 Å². The molecule has 0 aromatic heterocycles. The van der Waals surface area contributed by atoms with Gasteiger partial charge < -0.3 is 0 Å². The summed E-state index contributed by atoms with van der Waals surface area (Å²) < 4.78 is 1.17. The van der Waals surface area contributed by atoms with Crippen LogP contribution in [0.1, 0.15) is 12.5 Å². The Morgan fingerprint density at radius 3 is 2.75 bits per heavy atom. The zero-order valence-electron chi connectivity index (χ0n) is 7.06. The van der Waals surface area contributed by atoms with Crippen molar-refractivity contribution in [2.45, 2.75) is 13.3 Å². The van der Waals surface area contributed by atoms with E-state index in [1.807, 2.05) is 0 Å². The Hall–Kier alpha value is 0.180. The molecule has 0 bridgehead atoms. The van der Waals surface area contributed by atoms with Crippen LogP contribution in [-0.4, -0.2) is 5.33 Å². The Balaban J connectivity index is 2.63. The van der Waals surface area contributed by atoms with Gasteiger partial charge in [0.1, 0.15) is 0 Å². The SMILES string of the molecule is CC(CBr)Cc1cccc(Br)c1. The van der Waals surface area contributed by atoms with Gasteiger partial charge >= 0.3 is 0 Å². The van der Waals surface area contributed by atoms with Crippen LogP contribution in [0.5, 0.6) is 0 Å². The van der Waals surface area contributed by atoms with Gasteiger partial charge in [-0.25, -0.2) is 0 Å². The number of benzene rings is 1. The highest BCUT2D eigenvalue weighted by atomic mass is 79.9. The number of rotatable bonds is 3. The van der Waals surface area contributed by atoms with Crippen LogP contribution in [0.3, 0.4) is 0 Å². The van der Waals surface area contributed by atoms with Crippen molar-refractivity contribution in [1.29, 1.82) is 0 Å². The molecule has 0 aliphatic rings. The van der Waals surface area contributed by atoms with E-state index in [9.17, 15) is 0 Å². The summed E-state index contributed by atoms with van der Waals surface area (Å²) in [7, 11) is 0. The van der Waals surface area contributed by atoms with Crippen LogP contribution in [0, 0.1) is 5.92 Å². The van der Waals surface area contributed by atoms with Gasteiger partial charge in [-0.15, -0.1) is 0 Å². The van der Waals surface area contributed by atoms with Crippen LogP contribution in [0.25, 0.3) is 0 Å². The Bertz CT molecular complexity index is 245. The van der Waals surface area contributed by atoms with Crippen molar-refractivity contribution >= 4 is 31.9 Å². The zero-order valence-corrected chi connectivity index (χ0v) is 10.2. The Kier molecular flexibility index (Phi) is 4.30. The fourth-order valence-corrected chi connectivity index (χ4v) is 1.80. The van der Waals surface area contributed by atoms with E-state index in [-0.39, 0.29) is 0 Å². The van der Waals surface area contributed by atoms with Gasteiger partial charge in [-0.3, -0.25) is 0 Å². The van der Waals surface area contributed by atoms with Crippen molar-refractivity contribution in [2.24, 2.45) is 5.92 Å². The summed E-state index contributed by atoms with van der Waals surface area (Å²) in [5.41, 5.74) is 1.40. The van der Waals surface area contributed by atoms with Crippen LogP contribution in [0.2, 0.25) is 0 Å². The molecule has 0 aliphatic heterocycles. The molecule has 1 aromatic rings. The van der Waals surface area contributed by atoms with E-state index < -0.39 is 0 Å². The first kappa shape index (κ1) is 10.3. The molecule has 1 aromatic carbocycles. The number of hydrogen-bond acceptors (Lipinski definition) is 0. The standard InChI is InChI=1S/C10H12Br2/c1-8(7-11)5-9-3-2-4-10(12)6-9/h2-4,6,8H,5,7H2,1H3. The van der Waals surface area contributed by atoms with Crippen LogP contribution >= 0.6 is 31.9 Å². The first-order chi connectivity index (χ1) is 5.72. The van der Waals surface area contributed by atoms with Crippen molar-refractivity contribution in [3.63, 3.8) is 0 Å². The van der Waals surface area contributed by atoms with Crippen molar-refractivity contribution in [1.82, 2.24) is 0 Å². The molecule has 0 spiro atoms. The van der Waals surface area contributed by atoms with Gasteiger partial charge in [0, 0.05) is 9.80 Å². The molecule has 1 rings (SSSR count). The molecule has 0 saturated heterocycles. The molecule has 66 valence electrons. The lowest BCUT2D eigenvalue weighted by Crippen LogP contribution is -2.00. The van der Waals surface area contributed by atoms with Crippen LogP contribution in [0.4, 0.5) is 0 Å². The van der Waals surface area contributed by atoms with Gasteiger partial charge in [-0.1, -0.05) is 50.9 Å². The van der Waals surface area contributed by atoms with Gasteiger partial charge in [0.2, 0.25) is 0 Å². The van der Waals surface area contributed by atoms with Crippen molar-refractivity contribution in [2.75, 3.05) is 5.33 Å². The Morgan fingerprint density at radius 2 is 2.17 bits per heavy atom. The molecule has 12 heavy (non-hydrogen) atoms. The van der Waals surface area contributed by atoms with E-state index in [2.05, 4.69) is 63.0 Å². The molecule has 0 radical (unpaired) electrons. The van der Waals surface area contributed by atoms with Crippen molar-refractivity contribution in [3.05, 3.63) is 34.3 Å². The van der Waals surface area contributed by atoms with E-state index >= 15 is 0 Å². The lowest BCUT2D eigenvalue weighted by atomic mass is 10.0. The summed E-state index contributed by atoms with van der Waals surface area (Å²) in [5.74, 6) is 0.708. The summed E-state index contributed by atoms with van der Waals surface area (Å²) >= 11 is 6.94. The van der Waals surface area contributed by atoms with Gasteiger partial charge in [-0.2, -0.15) is 0 Å². The quantitative estimate of drug-likeness (QED) is 0.738. The highest BCUT2D eigenvalue weighted by Crippen LogP contribution is 2.15. The second kappa shape index (κ2) is 5.03. The number of halogens is 2. The lowest BCUT2D eigenvalue weighted by molar-refractivity contribution is 0.663. The molecule has 0 aliphatic carbocycles. The minimum absolute atomic E-state index is 0.708. The maximum Gasteiger partial charge on any atom is 0.0177 e. The second-order valence-electron chi connectivity index (χ2n) is 3.09. The van der Waals surface area contributed by atoms with E-state index in [0.717, 1.165) is 11.8 Å². The largest absolute Gasteiger partial charge is 0.0925 e. The first-order valence-corrected chi connectivity index (χ1v) is 5.94. The van der Waals surface area contributed by atoms with Crippen molar-refractivity contribution < 1.29 is 0 Å². The minimum Gasteiger partial charge on any atom is -0.0925 e. The summed E-state index contributed by atoms with van der Waals surface area (Å²) in [6.07, 6.45) is 1.14. The predicted octanol–water partition coefficient (Wildman–Crippen LogP) is 4.02. The molecule has 0 fully saturated rings. The van der Waals surface area contributed by atoms with Crippen molar-refractivity contribution in [3.8, 4) is 0 Å².